The first kappa shape index (κ1) is 8.93. The lowest BCUT2D eigenvalue weighted by atomic mass is 10.3. The number of likely N-dealkylation sites (N-methyl/N-ethyl adjacent to an activating group) is 1. The number of anilines is 1. The van der Waals surface area contributed by atoms with E-state index < -0.39 is 0 Å². The molecule has 1 aromatic heterocycles. The second-order valence-electron chi connectivity index (χ2n) is 2.80. The highest BCUT2D eigenvalue weighted by Gasteiger charge is 2.00. The fraction of sp³-hybridized carbons (Fsp3) is 0.500. The van der Waals surface area contributed by atoms with Crippen LogP contribution in [0.1, 0.15) is 5.56 Å². The summed E-state index contributed by atoms with van der Waals surface area (Å²) in [6.45, 7) is 3.43. The number of hydrogen-bond acceptors (Lipinski definition) is 4. The van der Waals surface area contributed by atoms with Gasteiger partial charge >= 0.3 is 0 Å². The lowest BCUT2D eigenvalue weighted by Crippen LogP contribution is -2.25. The van der Waals surface area contributed by atoms with E-state index >= 15 is 0 Å². The molecule has 4 nitrogen and oxygen atoms in total. The molecule has 0 unspecified atom stereocenters. The summed E-state index contributed by atoms with van der Waals surface area (Å²) in [5.74, 6) is 0.875. The molecule has 0 radical (unpaired) electrons. The van der Waals surface area contributed by atoms with Crippen LogP contribution >= 0.6 is 0 Å². The van der Waals surface area contributed by atoms with Gasteiger partial charge in [-0.2, -0.15) is 5.10 Å². The molecule has 0 aliphatic carbocycles. The number of nitrogens with two attached hydrogens (primary N) is 1. The molecular formula is C8H14N4. The molecule has 0 saturated heterocycles. The van der Waals surface area contributed by atoms with Crippen LogP contribution in [-0.2, 0) is 0 Å². The average Bonchev–Trinajstić information content (AvgIpc) is 2.05. The molecule has 1 aromatic rings. The van der Waals surface area contributed by atoms with Gasteiger partial charge in [-0.3, -0.25) is 0 Å². The van der Waals surface area contributed by atoms with Crippen molar-refractivity contribution in [3.8, 4) is 0 Å². The molecule has 0 aromatic carbocycles. The SMILES string of the molecule is Cc1cnnc(N(C)CCN)c1. The highest BCUT2D eigenvalue weighted by Crippen LogP contribution is 2.07. The maximum atomic E-state index is 5.41. The van der Waals surface area contributed by atoms with Crippen LogP contribution in [0.2, 0.25) is 0 Å². The Balaban J connectivity index is 2.73. The third-order valence-electron chi connectivity index (χ3n) is 1.63. The van der Waals surface area contributed by atoms with Crippen molar-refractivity contribution in [3.05, 3.63) is 17.8 Å². The first-order chi connectivity index (χ1) is 5.74. The molecule has 0 aliphatic heterocycles. The van der Waals surface area contributed by atoms with Crippen LogP contribution in [0.25, 0.3) is 0 Å². The summed E-state index contributed by atoms with van der Waals surface area (Å²) in [5, 5.41) is 7.83. The van der Waals surface area contributed by atoms with Crippen molar-refractivity contribution in [1.29, 1.82) is 0 Å². The van der Waals surface area contributed by atoms with Crippen molar-refractivity contribution in [3.63, 3.8) is 0 Å². The second kappa shape index (κ2) is 4.01. The molecule has 0 amide bonds. The molecule has 0 atom stereocenters. The summed E-state index contributed by atoms with van der Waals surface area (Å²) in [6.07, 6.45) is 1.74. The van der Waals surface area contributed by atoms with Gasteiger partial charge in [-0.05, 0) is 18.6 Å². The highest BCUT2D eigenvalue weighted by molar-refractivity contribution is 5.37. The molecule has 0 saturated carbocycles. The number of aryl methyl sites for hydroxylation is 1. The van der Waals surface area contributed by atoms with Crippen LogP contribution in [0.4, 0.5) is 5.82 Å². The van der Waals surface area contributed by atoms with Crippen LogP contribution in [0.15, 0.2) is 12.3 Å². The van der Waals surface area contributed by atoms with E-state index in [1.165, 1.54) is 0 Å². The van der Waals surface area contributed by atoms with Gasteiger partial charge in [-0.15, -0.1) is 5.10 Å². The van der Waals surface area contributed by atoms with Gasteiger partial charge in [0, 0.05) is 20.1 Å². The standard InChI is InChI=1S/C8H14N4/c1-7-5-8(11-10-6-7)12(2)4-3-9/h5-6H,3-4,9H2,1-2H3. The third kappa shape index (κ3) is 2.17. The van der Waals surface area contributed by atoms with Gasteiger partial charge < -0.3 is 10.6 Å². The zero-order valence-electron chi connectivity index (χ0n) is 7.49. The fourth-order valence-electron chi connectivity index (χ4n) is 0.944. The Hall–Kier alpha value is -1.16. The molecule has 1 rings (SSSR count). The minimum absolute atomic E-state index is 0.631. The maximum Gasteiger partial charge on any atom is 0.151 e. The van der Waals surface area contributed by atoms with Gasteiger partial charge in [0.15, 0.2) is 5.82 Å². The maximum absolute atomic E-state index is 5.41. The van der Waals surface area contributed by atoms with Gasteiger partial charge in [0.25, 0.3) is 0 Å². The van der Waals surface area contributed by atoms with Gasteiger partial charge in [0.2, 0.25) is 0 Å². The quantitative estimate of drug-likeness (QED) is 0.696. The molecule has 0 fully saturated rings. The smallest absolute Gasteiger partial charge is 0.151 e. The van der Waals surface area contributed by atoms with Crippen molar-refractivity contribution < 1.29 is 0 Å². The predicted octanol–water partition coefficient (Wildman–Crippen LogP) is 0.180. The van der Waals surface area contributed by atoms with E-state index in [-0.39, 0.29) is 0 Å². The zero-order chi connectivity index (χ0) is 8.97. The van der Waals surface area contributed by atoms with E-state index in [1.807, 2.05) is 24.9 Å². The van der Waals surface area contributed by atoms with Crippen molar-refractivity contribution in [2.75, 3.05) is 25.0 Å². The molecular weight excluding hydrogens is 152 g/mol. The summed E-state index contributed by atoms with van der Waals surface area (Å²) in [6, 6.07) is 1.99. The van der Waals surface area contributed by atoms with Crippen LogP contribution in [0, 0.1) is 6.92 Å². The Morgan fingerprint density at radius 1 is 1.58 bits per heavy atom. The molecule has 66 valence electrons. The number of rotatable bonds is 3. The van der Waals surface area contributed by atoms with Crippen molar-refractivity contribution >= 4 is 5.82 Å². The number of hydrogen-bond donors (Lipinski definition) is 1. The Labute approximate surface area is 72.4 Å². The van der Waals surface area contributed by atoms with Crippen molar-refractivity contribution in [1.82, 2.24) is 10.2 Å². The predicted molar refractivity (Wildman–Crippen MR) is 49.1 cm³/mol. The monoisotopic (exact) mass is 166 g/mol. The van der Waals surface area contributed by atoms with Crippen LogP contribution in [0.3, 0.4) is 0 Å². The summed E-state index contributed by atoms with van der Waals surface area (Å²) >= 11 is 0. The van der Waals surface area contributed by atoms with Crippen molar-refractivity contribution in [2.45, 2.75) is 6.92 Å². The largest absolute Gasteiger partial charge is 0.357 e. The summed E-state index contributed by atoms with van der Waals surface area (Å²) in [5.41, 5.74) is 6.53. The van der Waals surface area contributed by atoms with Gasteiger partial charge in [-0.25, -0.2) is 0 Å². The Morgan fingerprint density at radius 3 is 2.92 bits per heavy atom. The summed E-state index contributed by atoms with van der Waals surface area (Å²) in [4.78, 5) is 1.99. The lowest BCUT2D eigenvalue weighted by Gasteiger charge is -2.15. The van der Waals surface area contributed by atoms with E-state index in [4.69, 9.17) is 5.73 Å². The van der Waals surface area contributed by atoms with Crippen LogP contribution in [0.5, 0.6) is 0 Å². The van der Waals surface area contributed by atoms with E-state index in [0.717, 1.165) is 17.9 Å². The highest BCUT2D eigenvalue weighted by atomic mass is 15.2. The third-order valence-corrected chi connectivity index (χ3v) is 1.63. The average molecular weight is 166 g/mol. The zero-order valence-corrected chi connectivity index (χ0v) is 7.49. The van der Waals surface area contributed by atoms with E-state index in [2.05, 4.69) is 10.2 Å². The first-order valence-corrected chi connectivity index (χ1v) is 3.94. The molecule has 0 bridgehead atoms. The van der Waals surface area contributed by atoms with Gasteiger partial charge in [0.1, 0.15) is 0 Å². The first-order valence-electron chi connectivity index (χ1n) is 3.94. The minimum atomic E-state index is 0.631. The topological polar surface area (TPSA) is 55.0 Å². The van der Waals surface area contributed by atoms with E-state index in [1.54, 1.807) is 6.20 Å². The van der Waals surface area contributed by atoms with Gasteiger partial charge in [-0.1, -0.05) is 0 Å². The van der Waals surface area contributed by atoms with Gasteiger partial charge in [0.05, 0.1) is 6.20 Å². The Morgan fingerprint density at radius 2 is 2.33 bits per heavy atom. The Kier molecular flexibility index (Phi) is 2.99. The molecule has 1 heterocycles. The molecule has 12 heavy (non-hydrogen) atoms. The van der Waals surface area contributed by atoms with E-state index in [0.29, 0.717) is 6.54 Å². The van der Waals surface area contributed by atoms with Crippen molar-refractivity contribution in [2.24, 2.45) is 5.73 Å². The van der Waals surface area contributed by atoms with E-state index in [9.17, 15) is 0 Å². The minimum Gasteiger partial charge on any atom is -0.357 e. The number of aromatic nitrogens is 2. The lowest BCUT2D eigenvalue weighted by molar-refractivity contribution is 0.844. The molecule has 0 spiro atoms. The second-order valence-corrected chi connectivity index (χ2v) is 2.80. The Bertz CT molecular complexity index is 249. The van der Waals surface area contributed by atoms with Crippen LogP contribution < -0.4 is 10.6 Å². The summed E-state index contributed by atoms with van der Waals surface area (Å²) in [7, 11) is 1.95. The molecule has 4 heteroatoms. The summed E-state index contributed by atoms with van der Waals surface area (Å²) < 4.78 is 0. The number of nitrogens with zero attached hydrogens (tertiary/aromatic N) is 3. The fourth-order valence-corrected chi connectivity index (χ4v) is 0.944. The normalized spacial score (nSPS) is 9.92. The molecule has 0 aliphatic rings. The molecule has 2 N–H and O–H groups in total. The van der Waals surface area contributed by atoms with Crippen LogP contribution in [-0.4, -0.2) is 30.3 Å².